The number of benzene rings is 1. The molecule has 2 aromatic rings. The monoisotopic (exact) mass is 366 g/mol. The first-order valence-electron chi connectivity index (χ1n) is 8.21. The maximum atomic E-state index is 14.0. The average Bonchev–Trinajstić information content (AvgIpc) is 2.59. The van der Waals surface area contributed by atoms with E-state index in [0.717, 1.165) is 34.1 Å². The predicted octanol–water partition coefficient (Wildman–Crippen LogP) is 1.86. The molecular weight excluding hydrogens is 346 g/mol. The number of amides is 1. The smallest absolute Gasteiger partial charge is 0.330 e. The van der Waals surface area contributed by atoms with Crippen molar-refractivity contribution in [2.75, 3.05) is 17.2 Å². The molecule has 1 heterocycles. The van der Waals surface area contributed by atoms with Gasteiger partial charge in [-0.3, -0.25) is 19.1 Å². The van der Waals surface area contributed by atoms with Gasteiger partial charge in [-0.2, -0.15) is 0 Å². The number of nitrogens with two attached hydrogens (primary N) is 1. The van der Waals surface area contributed by atoms with E-state index in [-0.39, 0.29) is 24.6 Å². The van der Waals surface area contributed by atoms with Crippen LogP contribution in [0.15, 0.2) is 27.8 Å². The highest BCUT2D eigenvalue weighted by atomic mass is 19.1. The molecule has 0 radical (unpaired) electrons. The van der Waals surface area contributed by atoms with Gasteiger partial charge in [0, 0.05) is 13.1 Å². The van der Waals surface area contributed by atoms with Crippen LogP contribution in [-0.2, 0) is 6.54 Å². The fraction of sp³-hybridized carbons (Fsp3) is 0.353. The topological polar surface area (TPSA) is 101 Å². The molecule has 1 aromatic carbocycles. The van der Waals surface area contributed by atoms with Crippen LogP contribution in [0.25, 0.3) is 0 Å². The van der Waals surface area contributed by atoms with E-state index in [9.17, 15) is 23.2 Å². The Hall–Kier alpha value is -2.97. The van der Waals surface area contributed by atoms with Crippen LogP contribution in [0.4, 0.5) is 20.3 Å². The summed E-state index contributed by atoms with van der Waals surface area (Å²) >= 11 is 0. The first kappa shape index (κ1) is 19.4. The first-order valence-corrected chi connectivity index (χ1v) is 8.21. The van der Waals surface area contributed by atoms with Crippen molar-refractivity contribution in [2.45, 2.75) is 33.2 Å². The number of nitrogens with one attached hydrogen (secondary N) is 1. The van der Waals surface area contributed by atoms with Crippen molar-refractivity contribution >= 4 is 17.4 Å². The third kappa shape index (κ3) is 3.66. The van der Waals surface area contributed by atoms with Crippen molar-refractivity contribution < 1.29 is 13.6 Å². The van der Waals surface area contributed by atoms with Gasteiger partial charge in [-0.25, -0.2) is 13.6 Å². The zero-order valence-electron chi connectivity index (χ0n) is 14.5. The Morgan fingerprint density at radius 1 is 1.27 bits per heavy atom. The van der Waals surface area contributed by atoms with Gasteiger partial charge in [0.2, 0.25) is 0 Å². The van der Waals surface area contributed by atoms with Gasteiger partial charge in [0.05, 0.1) is 5.56 Å². The molecule has 9 heteroatoms. The maximum Gasteiger partial charge on any atom is 0.330 e. The van der Waals surface area contributed by atoms with Crippen LogP contribution in [0.3, 0.4) is 0 Å². The van der Waals surface area contributed by atoms with E-state index in [2.05, 4.69) is 4.98 Å². The molecule has 0 fully saturated rings. The minimum Gasteiger partial charge on any atom is -0.383 e. The first-order chi connectivity index (χ1) is 12.3. The number of aromatic nitrogens is 2. The van der Waals surface area contributed by atoms with Crippen molar-refractivity contribution in [3.05, 3.63) is 56.2 Å². The van der Waals surface area contributed by atoms with E-state index >= 15 is 0 Å². The molecule has 26 heavy (non-hydrogen) atoms. The number of hydrogen-bond donors (Lipinski definition) is 2. The second-order valence-corrected chi connectivity index (χ2v) is 5.67. The van der Waals surface area contributed by atoms with Crippen LogP contribution in [0.1, 0.15) is 37.0 Å². The number of hydrogen-bond acceptors (Lipinski definition) is 4. The van der Waals surface area contributed by atoms with Gasteiger partial charge in [-0.15, -0.1) is 0 Å². The van der Waals surface area contributed by atoms with Crippen molar-refractivity contribution in [3.8, 4) is 0 Å². The molecule has 140 valence electrons. The summed E-state index contributed by atoms with van der Waals surface area (Å²) in [6, 6.07) is 2.46. The number of halogens is 2. The summed E-state index contributed by atoms with van der Waals surface area (Å²) in [5, 5.41) is 0. The summed E-state index contributed by atoms with van der Waals surface area (Å²) in [6.07, 6.45) is 1.42. The van der Waals surface area contributed by atoms with Crippen LogP contribution in [-0.4, -0.2) is 22.0 Å². The summed E-state index contributed by atoms with van der Waals surface area (Å²) in [5.74, 6) is -2.84. The van der Waals surface area contributed by atoms with E-state index in [0.29, 0.717) is 6.42 Å². The summed E-state index contributed by atoms with van der Waals surface area (Å²) < 4.78 is 28.5. The second-order valence-electron chi connectivity index (χ2n) is 5.67. The van der Waals surface area contributed by atoms with E-state index in [1.54, 1.807) is 6.92 Å². The third-order valence-corrected chi connectivity index (χ3v) is 3.94. The SMILES string of the molecule is CCCCn1c(N)c(N(CC)C(=O)c2cc(F)ccc2F)c(=O)[nH]c1=O. The summed E-state index contributed by atoms with van der Waals surface area (Å²) in [6.45, 7) is 3.69. The number of H-pyrrole nitrogens is 1. The lowest BCUT2D eigenvalue weighted by atomic mass is 10.1. The van der Waals surface area contributed by atoms with E-state index < -0.39 is 34.4 Å². The van der Waals surface area contributed by atoms with Gasteiger partial charge in [-0.1, -0.05) is 13.3 Å². The molecule has 1 amide bonds. The summed E-state index contributed by atoms with van der Waals surface area (Å²) in [7, 11) is 0. The molecule has 0 bridgehead atoms. The Kier molecular flexibility index (Phi) is 5.91. The van der Waals surface area contributed by atoms with E-state index in [1.165, 1.54) is 0 Å². The van der Waals surface area contributed by atoms with Gasteiger partial charge in [0.1, 0.15) is 17.5 Å². The normalized spacial score (nSPS) is 10.8. The van der Waals surface area contributed by atoms with Crippen LogP contribution >= 0.6 is 0 Å². The van der Waals surface area contributed by atoms with Gasteiger partial charge < -0.3 is 10.6 Å². The van der Waals surface area contributed by atoms with Gasteiger partial charge in [-0.05, 0) is 31.5 Å². The molecule has 0 unspecified atom stereocenters. The van der Waals surface area contributed by atoms with Crippen molar-refractivity contribution in [3.63, 3.8) is 0 Å². The fourth-order valence-corrected chi connectivity index (χ4v) is 2.59. The standard InChI is InChI=1S/C17H20F2N4O3/c1-3-5-8-23-14(20)13(15(24)21-17(23)26)22(4-2)16(25)11-9-10(18)6-7-12(11)19/h6-7,9H,3-5,8,20H2,1-2H3,(H,21,24,26). The van der Waals surface area contributed by atoms with E-state index in [1.807, 2.05) is 6.92 Å². The Balaban J connectivity index is 2.60. The second kappa shape index (κ2) is 7.94. The lowest BCUT2D eigenvalue weighted by Gasteiger charge is -2.23. The average molecular weight is 366 g/mol. The Morgan fingerprint density at radius 2 is 1.96 bits per heavy atom. The molecule has 0 atom stereocenters. The van der Waals surface area contributed by atoms with Crippen molar-refractivity contribution in [1.82, 2.24) is 9.55 Å². The molecule has 7 nitrogen and oxygen atoms in total. The van der Waals surface area contributed by atoms with Crippen LogP contribution < -0.4 is 21.9 Å². The van der Waals surface area contributed by atoms with Crippen molar-refractivity contribution in [1.29, 1.82) is 0 Å². The zero-order valence-corrected chi connectivity index (χ0v) is 14.5. The van der Waals surface area contributed by atoms with Crippen LogP contribution in [0.2, 0.25) is 0 Å². The molecule has 0 aliphatic rings. The fourth-order valence-electron chi connectivity index (χ4n) is 2.59. The lowest BCUT2D eigenvalue weighted by molar-refractivity contribution is 0.0983. The quantitative estimate of drug-likeness (QED) is 0.815. The number of anilines is 2. The van der Waals surface area contributed by atoms with E-state index in [4.69, 9.17) is 5.73 Å². The zero-order chi connectivity index (χ0) is 19.4. The van der Waals surface area contributed by atoms with Crippen molar-refractivity contribution in [2.24, 2.45) is 0 Å². The molecule has 0 saturated heterocycles. The number of rotatable bonds is 6. The molecule has 0 aliphatic heterocycles. The molecule has 0 aliphatic carbocycles. The Labute approximate surface area is 148 Å². The minimum absolute atomic E-state index is 0.0337. The minimum atomic E-state index is -0.928. The molecule has 0 spiro atoms. The van der Waals surface area contributed by atoms with Gasteiger partial charge >= 0.3 is 5.69 Å². The molecular formula is C17H20F2N4O3. The molecule has 2 rings (SSSR count). The number of aromatic amines is 1. The summed E-state index contributed by atoms with van der Waals surface area (Å²) in [5.41, 5.74) is 3.61. The predicted molar refractivity (Wildman–Crippen MR) is 94.4 cm³/mol. The maximum absolute atomic E-state index is 14.0. The summed E-state index contributed by atoms with van der Waals surface area (Å²) in [4.78, 5) is 40.0. The van der Waals surface area contributed by atoms with Gasteiger partial charge in [0.15, 0.2) is 5.69 Å². The van der Waals surface area contributed by atoms with Crippen LogP contribution in [0, 0.1) is 11.6 Å². The lowest BCUT2D eigenvalue weighted by Crippen LogP contribution is -2.41. The highest BCUT2D eigenvalue weighted by Crippen LogP contribution is 2.21. The molecule has 1 aromatic heterocycles. The number of carbonyl (C=O) groups is 1. The highest BCUT2D eigenvalue weighted by molar-refractivity contribution is 6.07. The number of carbonyl (C=O) groups excluding carboxylic acids is 1. The molecule has 0 saturated carbocycles. The Bertz CT molecular complexity index is 937. The number of unbranched alkanes of at least 4 members (excludes halogenated alkanes) is 1. The number of nitrogen functional groups attached to an aromatic ring is 1. The Morgan fingerprint density at radius 3 is 2.58 bits per heavy atom. The molecule has 3 N–H and O–H groups in total. The third-order valence-electron chi connectivity index (χ3n) is 3.94. The van der Waals surface area contributed by atoms with Crippen LogP contribution in [0.5, 0.6) is 0 Å². The highest BCUT2D eigenvalue weighted by Gasteiger charge is 2.26. The van der Waals surface area contributed by atoms with Gasteiger partial charge in [0.25, 0.3) is 11.5 Å². The largest absolute Gasteiger partial charge is 0.383 e. The number of nitrogens with zero attached hydrogens (tertiary/aromatic N) is 2.